The number of carbonyl (C=O) groups excluding carboxylic acids is 11. The van der Waals surface area contributed by atoms with Crippen LogP contribution in [0.4, 0.5) is 0 Å². The third-order valence-corrected chi connectivity index (χ3v) is 18.2. The van der Waals surface area contributed by atoms with Crippen molar-refractivity contribution in [3.63, 3.8) is 0 Å². The number of aliphatic hydroxyl groups excluding tert-OH is 9. The summed E-state index contributed by atoms with van der Waals surface area (Å²) in [6.07, 6.45) is -9.97. The molecule has 3 heterocycles. The van der Waals surface area contributed by atoms with E-state index in [2.05, 4.69) is 58.5 Å². The van der Waals surface area contributed by atoms with Crippen LogP contribution in [0.25, 0.3) is 0 Å². The van der Waals surface area contributed by atoms with Crippen LogP contribution in [0.5, 0.6) is 0 Å². The zero-order chi connectivity index (χ0) is 84.2. The molecule has 3 saturated heterocycles. The molecule has 114 heavy (non-hydrogen) atoms. The fourth-order valence-electron chi connectivity index (χ4n) is 12.1. The number of hydrogen-bond donors (Lipinski definition) is 20. The Labute approximate surface area is 665 Å². The standard InChI is InChI=1S/C73H131N11O30/c1-45(2)108-33-13-7-6-10-28-79-69(103)49(18-8-11-26-74-54(91)20-14-22-56(93)77-30-36-106-38-40-110-72-61(81-47(4)89)67(101)64(98)52(43-86)113-72)84-70(104)50(83-59(96)25-16-24-58(95)76-29-35-105-32-17-34-109-71-60(80-46(3)88)66(100)63(97)51(42-85)112-71)19-9-12-27-75-55(92)21-15-23-57(94)78-31-37-107-39-41-111-73-62(82-48(5)90)68(102)65(99)53(44-87)114-73/h45,49-53,60-68,71-73,85-87,97-102H,6-44H2,1-5H3,(H,74,91)(H,75,92)(H,76,95)(H,77,93)(H,78,94)(H,79,103)(H,80,88)(H,81,89)(H,82,90)(H,83,96)(H,84,104). The molecule has 3 aliphatic heterocycles. The second-order valence-electron chi connectivity index (χ2n) is 28.2. The highest BCUT2D eigenvalue weighted by atomic mass is 16.7. The molecule has 11 amide bonds. The molecular formula is C73H131N11O30. The van der Waals surface area contributed by atoms with Crippen molar-refractivity contribution in [2.75, 3.05) is 125 Å². The highest BCUT2D eigenvalue weighted by Gasteiger charge is 2.48. The zero-order valence-electron chi connectivity index (χ0n) is 66.6. The first-order chi connectivity index (χ1) is 54.6. The average Bonchev–Trinajstić information content (AvgIpc) is 0.820. The van der Waals surface area contributed by atoms with E-state index in [1.165, 1.54) is 20.8 Å². The van der Waals surface area contributed by atoms with Gasteiger partial charge in [0.05, 0.1) is 78.8 Å². The van der Waals surface area contributed by atoms with Crippen LogP contribution in [-0.2, 0) is 100 Å². The van der Waals surface area contributed by atoms with Crippen LogP contribution >= 0.6 is 0 Å². The van der Waals surface area contributed by atoms with Crippen molar-refractivity contribution in [3.8, 4) is 0 Å². The predicted molar refractivity (Wildman–Crippen MR) is 402 cm³/mol. The summed E-state index contributed by atoms with van der Waals surface area (Å²) in [6.45, 7) is 8.03. The number of nitrogens with one attached hydrogen (secondary N) is 11. The van der Waals surface area contributed by atoms with Gasteiger partial charge in [0, 0.05) is 112 Å². The molecule has 0 spiro atoms. The highest BCUT2D eigenvalue weighted by molar-refractivity contribution is 5.92. The van der Waals surface area contributed by atoms with Gasteiger partial charge in [-0.05, 0) is 90.9 Å². The van der Waals surface area contributed by atoms with E-state index < -0.39 is 159 Å². The number of rotatable bonds is 62. The van der Waals surface area contributed by atoms with Crippen LogP contribution in [0, 0.1) is 0 Å². The maximum atomic E-state index is 14.3. The van der Waals surface area contributed by atoms with Crippen molar-refractivity contribution in [3.05, 3.63) is 0 Å². The van der Waals surface area contributed by atoms with Crippen molar-refractivity contribution in [2.24, 2.45) is 0 Å². The molecule has 20 N–H and O–H groups in total. The number of unbranched alkanes of at least 4 members (excludes halogenated alkanes) is 5. The van der Waals surface area contributed by atoms with E-state index in [1.54, 1.807) is 0 Å². The van der Waals surface area contributed by atoms with Gasteiger partial charge in [-0.15, -0.1) is 0 Å². The molecule has 0 bridgehead atoms. The Morgan fingerprint density at radius 2 is 0.658 bits per heavy atom. The first-order valence-electron chi connectivity index (χ1n) is 39.7. The maximum Gasteiger partial charge on any atom is 0.243 e. The van der Waals surface area contributed by atoms with Gasteiger partial charge in [-0.1, -0.05) is 12.8 Å². The summed E-state index contributed by atoms with van der Waals surface area (Å²) in [7, 11) is 0. The van der Waals surface area contributed by atoms with Crippen LogP contribution in [-0.4, -0.2) is 346 Å². The van der Waals surface area contributed by atoms with E-state index in [0.29, 0.717) is 51.7 Å². The highest BCUT2D eigenvalue weighted by Crippen LogP contribution is 2.25. The van der Waals surface area contributed by atoms with E-state index in [0.717, 1.165) is 19.3 Å². The summed E-state index contributed by atoms with van der Waals surface area (Å²) in [5.74, 6) is -4.82. The zero-order valence-corrected chi connectivity index (χ0v) is 66.6. The smallest absolute Gasteiger partial charge is 0.243 e. The van der Waals surface area contributed by atoms with E-state index in [-0.39, 0.29) is 198 Å². The van der Waals surface area contributed by atoms with Crippen LogP contribution in [0.3, 0.4) is 0 Å². The molecule has 41 nitrogen and oxygen atoms in total. The SMILES string of the molecule is CC(=O)NC1C(OCCCOCCNC(=O)CCCC(=O)NC(CCCCNC(=O)CCCC(=O)NCCOCCOC2OC(CO)C(O)C(O)C2NC(C)=O)C(=O)NC(CCCCNC(=O)CCCC(=O)NCCOCCOC2OC(CO)C(O)C(O)C2NC(C)=O)C(=O)NCCCCCCOC(C)C)OC(CO)C(O)C1O. The average molecular weight is 1640 g/mol. The van der Waals surface area contributed by atoms with Crippen molar-refractivity contribution < 1.29 is 146 Å². The number of hydrogen-bond acceptors (Lipinski definition) is 30. The second-order valence-corrected chi connectivity index (χ2v) is 28.2. The largest absolute Gasteiger partial charge is 0.394 e. The Kier molecular flexibility index (Phi) is 53.4. The molecule has 17 unspecified atom stereocenters. The molecule has 17 atom stereocenters. The lowest BCUT2D eigenvalue weighted by Crippen LogP contribution is -2.64. The number of carbonyl (C=O) groups is 11. The minimum absolute atomic E-state index is 0.0244. The Balaban J connectivity index is 1.52. The van der Waals surface area contributed by atoms with E-state index >= 15 is 0 Å². The van der Waals surface area contributed by atoms with Gasteiger partial charge in [0.15, 0.2) is 18.9 Å². The van der Waals surface area contributed by atoms with Gasteiger partial charge in [0.25, 0.3) is 0 Å². The number of amides is 11. The van der Waals surface area contributed by atoms with Crippen molar-refractivity contribution >= 4 is 65.0 Å². The summed E-state index contributed by atoms with van der Waals surface area (Å²) in [4.78, 5) is 141. The molecule has 41 heteroatoms. The molecule has 0 aliphatic carbocycles. The fourth-order valence-corrected chi connectivity index (χ4v) is 12.1. The van der Waals surface area contributed by atoms with Gasteiger partial charge in [0.2, 0.25) is 65.0 Å². The van der Waals surface area contributed by atoms with Crippen LogP contribution in [0.15, 0.2) is 0 Å². The Hall–Kier alpha value is -6.59. The first-order valence-corrected chi connectivity index (χ1v) is 39.7. The molecule has 0 saturated carbocycles. The molecule has 0 aromatic heterocycles. The van der Waals surface area contributed by atoms with Gasteiger partial charge >= 0.3 is 0 Å². The Morgan fingerprint density at radius 3 is 1.04 bits per heavy atom. The molecular weight excluding hydrogens is 1510 g/mol. The second kappa shape index (κ2) is 60.0. The summed E-state index contributed by atoms with van der Waals surface area (Å²) < 4.78 is 55.7. The van der Waals surface area contributed by atoms with E-state index in [4.69, 9.17) is 47.4 Å². The third-order valence-electron chi connectivity index (χ3n) is 18.2. The Bertz CT molecular complexity index is 2790. The third kappa shape index (κ3) is 43.0. The maximum absolute atomic E-state index is 14.3. The Morgan fingerprint density at radius 1 is 0.325 bits per heavy atom. The van der Waals surface area contributed by atoms with Crippen molar-refractivity contribution in [1.29, 1.82) is 0 Å². The van der Waals surface area contributed by atoms with Crippen LogP contribution < -0.4 is 58.5 Å². The van der Waals surface area contributed by atoms with Gasteiger partial charge < -0.3 is 152 Å². The molecule has 3 rings (SSSR count). The van der Waals surface area contributed by atoms with Crippen LogP contribution in [0.1, 0.15) is 163 Å². The molecule has 3 aliphatic rings. The molecule has 3 fully saturated rings. The topological polar surface area (TPSA) is 594 Å². The van der Waals surface area contributed by atoms with Crippen LogP contribution in [0.2, 0.25) is 0 Å². The predicted octanol–water partition coefficient (Wildman–Crippen LogP) is -6.19. The lowest BCUT2D eigenvalue weighted by atomic mass is 9.97. The first kappa shape index (κ1) is 102. The van der Waals surface area contributed by atoms with E-state index in [1.807, 2.05) is 13.8 Å². The minimum Gasteiger partial charge on any atom is -0.394 e. The normalized spacial score (nSPS) is 23.9. The summed E-state index contributed by atoms with van der Waals surface area (Å²) in [5.41, 5.74) is 0. The summed E-state index contributed by atoms with van der Waals surface area (Å²) >= 11 is 0. The number of aliphatic hydroxyl groups is 9. The minimum atomic E-state index is -1.47. The van der Waals surface area contributed by atoms with Crippen molar-refractivity contribution in [1.82, 2.24) is 58.5 Å². The van der Waals surface area contributed by atoms with E-state index in [9.17, 15) is 98.7 Å². The van der Waals surface area contributed by atoms with Crippen molar-refractivity contribution in [2.45, 2.75) is 273 Å². The fraction of sp³-hybridized carbons (Fsp3) is 0.849. The van der Waals surface area contributed by atoms with Gasteiger partial charge in [-0.25, -0.2) is 0 Å². The lowest BCUT2D eigenvalue weighted by Gasteiger charge is -2.42. The molecule has 658 valence electrons. The van der Waals surface area contributed by atoms with Gasteiger partial charge in [-0.2, -0.15) is 0 Å². The molecule has 0 aromatic rings. The van der Waals surface area contributed by atoms with Gasteiger partial charge in [-0.3, -0.25) is 52.7 Å². The number of ether oxygens (including phenoxy) is 10. The lowest BCUT2D eigenvalue weighted by molar-refractivity contribution is -0.272. The van der Waals surface area contributed by atoms with Gasteiger partial charge in [0.1, 0.15) is 85.1 Å². The quantitative estimate of drug-likeness (QED) is 0.0252. The molecule has 0 radical (unpaired) electrons. The summed E-state index contributed by atoms with van der Waals surface area (Å²) in [5, 5.41) is 120. The monoisotopic (exact) mass is 1640 g/mol. The summed E-state index contributed by atoms with van der Waals surface area (Å²) in [6, 6.07) is -5.54. The molecule has 0 aromatic carbocycles.